The molecule has 8 heteroatoms. The summed E-state index contributed by atoms with van der Waals surface area (Å²) < 4.78 is 7.49. The number of ether oxygens (including phenoxy) is 1. The minimum Gasteiger partial charge on any atom is -0.373 e. The lowest BCUT2D eigenvalue weighted by Crippen LogP contribution is -2.34. The number of carbonyl (C=O) groups excluding carboxylic acids is 2. The summed E-state index contributed by atoms with van der Waals surface area (Å²) in [7, 11) is 0. The van der Waals surface area contributed by atoms with Crippen molar-refractivity contribution in [3.63, 3.8) is 0 Å². The fourth-order valence-corrected chi connectivity index (χ4v) is 5.05. The Morgan fingerprint density at radius 3 is 2.30 bits per heavy atom. The Balaban J connectivity index is 1.47. The van der Waals surface area contributed by atoms with Crippen molar-refractivity contribution in [2.75, 3.05) is 4.90 Å². The Morgan fingerprint density at radius 1 is 1.11 bits per heavy atom. The fourth-order valence-electron chi connectivity index (χ4n) is 4.53. The zero-order valence-corrected chi connectivity index (χ0v) is 16.1. The van der Waals surface area contributed by atoms with E-state index < -0.39 is 0 Å². The number of imide groups is 1. The van der Waals surface area contributed by atoms with E-state index in [9.17, 15) is 9.59 Å². The number of benzene rings is 1. The van der Waals surface area contributed by atoms with E-state index in [2.05, 4.69) is 5.10 Å². The van der Waals surface area contributed by atoms with E-state index in [-0.39, 0.29) is 35.9 Å². The first-order chi connectivity index (χ1) is 13.0. The highest BCUT2D eigenvalue weighted by Crippen LogP contribution is 2.49. The second-order valence-corrected chi connectivity index (χ2v) is 8.17. The minimum absolute atomic E-state index is 0.133. The summed E-state index contributed by atoms with van der Waals surface area (Å²) in [6.07, 6.45) is 1.42. The predicted octanol–water partition coefficient (Wildman–Crippen LogP) is 3.21. The summed E-state index contributed by atoms with van der Waals surface area (Å²) >= 11 is 12.5. The number of nitrogens with zero attached hydrogens (tertiary/aromatic N) is 3. The van der Waals surface area contributed by atoms with E-state index in [0.29, 0.717) is 22.4 Å². The van der Waals surface area contributed by atoms with Crippen molar-refractivity contribution in [3.8, 4) is 0 Å². The smallest absolute Gasteiger partial charge is 0.241 e. The van der Waals surface area contributed by atoms with Crippen molar-refractivity contribution in [1.82, 2.24) is 9.78 Å². The van der Waals surface area contributed by atoms with E-state index in [0.717, 1.165) is 24.1 Å². The monoisotopic (exact) mass is 405 g/mol. The van der Waals surface area contributed by atoms with Crippen molar-refractivity contribution < 1.29 is 14.3 Å². The molecule has 1 aromatic heterocycles. The molecule has 27 heavy (non-hydrogen) atoms. The van der Waals surface area contributed by atoms with E-state index in [1.54, 1.807) is 28.9 Å². The zero-order chi connectivity index (χ0) is 18.9. The van der Waals surface area contributed by atoms with Crippen molar-refractivity contribution in [3.05, 3.63) is 45.6 Å². The van der Waals surface area contributed by atoms with Crippen LogP contribution in [-0.2, 0) is 20.9 Å². The van der Waals surface area contributed by atoms with Gasteiger partial charge < -0.3 is 4.74 Å². The molecule has 0 aliphatic carbocycles. The molecule has 4 heterocycles. The summed E-state index contributed by atoms with van der Waals surface area (Å²) in [5.41, 5.74) is 1.57. The number of carbonyl (C=O) groups is 2. The second kappa shape index (κ2) is 6.06. The van der Waals surface area contributed by atoms with Crippen LogP contribution >= 0.6 is 23.2 Å². The fraction of sp³-hybridized carbons (Fsp3) is 0.421. The maximum absolute atomic E-state index is 12.9. The summed E-state index contributed by atoms with van der Waals surface area (Å²) in [6.45, 7) is 2.24. The highest BCUT2D eigenvalue weighted by Gasteiger charge is 2.63. The molecule has 1 aromatic carbocycles. The van der Waals surface area contributed by atoms with Crippen molar-refractivity contribution >= 4 is 40.8 Å². The van der Waals surface area contributed by atoms with Gasteiger partial charge in [-0.15, -0.1) is 0 Å². The molecule has 3 aliphatic heterocycles. The highest BCUT2D eigenvalue weighted by atomic mass is 35.5. The Bertz CT molecular complexity index is 925. The van der Waals surface area contributed by atoms with Gasteiger partial charge in [0.1, 0.15) is 0 Å². The first kappa shape index (κ1) is 17.2. The predicted molar refractivity (Wildman–Crippen MR) is 99.9 cm³/mol. The van der Waals surface area contributed by atoms with Crippen LogP contribution in [0.4, 0.5) is 5.82 Å². The molecule has 0 saturated carbocycles. The minimum atomic E-state index is -0.361. The number of anilines is 1. The number of fused-ring (bicyclic) bond motifs is 5. The van der Waals surface area contributed by atoms with Gasteiger partial charge in [-0.25, -0.2) is 4.90 Å². The maximum atomic E-state index is 12.9. The van der Waals surface area contributed by atoms with Crippen LogP contribution in [0.3, 0.4) is 0 Å². The molecule has 2 amide bonds. The molecule has 4 atom stereocenters. The third-order valence-corrected chi connectivity index (χ3v) is 6.56. The Kier molecular flexibility index (Phi) is 3.86. The number of aromatic nitrogens is 2. The molecule has 0 spiro atoms. The molecule has 0 N–H and O–H groups in total. The van der Waals surface area contributed by atoms with Gasteiger partial charge in [-0.2, -0.15) is 5.10 Å². The van der Waals surface area contributed by atoms with Crippen molar-refractivity contribution in [2.45, 2.75) is 38.5 Å². The first-order valence-electron chi connectivity index (χ1n) is 8.96. The molecule has 6 nitrogen and oxygen atoms in total. The van der Waals surface area contributed by atoms with E-state index in [1.165, 1.54) is 4.90 Å². The lowest BCUT2D eigenvalue weighted by Gasteiger charge is -2.15. The van der Waals surface area contributed by atoms with Crippen LogP contribution < -0.4 is 4.90 Å². The molecule has 5 rings (SSSR count). The van der Waals surface area contributed by atoms with E-state index in [1.807, 2.05) is 6.92 Å². The van der Waals surface area contributed by atoms with Gasteiger partial charge in [0.2, 0.25) is 11.8 Å². The number of rotatable bonds is 3. The average molecular weight is 406 g/mol. The summed E-state index contributed by atoms with van der Waals surface area (Å²) in [5.74, 6) is -0.755. The number of amides is 2. The van der Waals surface area contributed by atoms with Crippen LogP contribution in [0.1, 0.15) is 24.1 Å². The van der Waals surface area contributed by atoms with Gasteiger partial charge in [0.25, 0.3) is 0 Å². The normalized spacial score (nSPS) is 29.1. The number of aryl methyl sites for hydroxylation is 1. The van der Waals surface area contributed by atoms with Gasteiger partial charge in [-0.05, 0) is 31.9 Å². The zero-order valence-electron chi connectivity index (χ0n) is 14.6. The quantitative estimate of drug-likeness (QED) is 0.735. The lowest BCUT2D eigenvalue weighted by atomic mass is 9.81. The van der Waals surface area contributed by atoms with Gasteiger partial charge in [0.15, 0.2) is 5.82 Å². The van der Waals surface area contributed by atoms with Crippen LogP contribution in [-0.4, -0.2) is 33.8 Å². The molecule has 3 fully saturated rings. The highest BCUT2D eigenvalue weighted by molar-refractivity contribution is 6.36. The molecule has 0 unspecified atom stereocenters. The summed E-state index contributed by atoms with van der Waals surface area (Å²) in [6, 6.07) is 7.08. The van der Waals surface area contributed by atoms with Crippen molar-refractivity contribution in [1.29, 1.82) is 0 Å². The lowest BCUT2D eigenvalue weighted by molar-refractivity contribution is -0.124. The SMILES string of the molecule is Cc1cc(N2C(=O)[C@@H]3[C@@H](C2=O)[C@@H]2CC[C@@H]3O2)nn1Cc1c(Cl)cccc1Cl. The van der Waals surface area contributed by atoms with Crippen molar-refractivity contribution in [2.24, 2.45) is 11.8 Å². The molecule has 3 aliphatic rings. The maximum Gasteiger partial charge on any atom is 0.241 e. The largest absolute Gasteiger partial charge is 0.373 e. The standard InChI is InChI=1S/C19H17Cl2N3O3/c1-9-7-15(22-23(9)8-10-11(20)3-2-4-12(10)21)24-18(25)16-13-5-6-14(27-13)17(16)19(24)26/h2-4,7,13-14,16-17H,5-6,8H2,1H3/t13-,14-,16-,17-/m0/s1. The van der Waals surface area contributed by atoms with Gasteiger partial charge in [-0.1, -0.05) is 29.3 Å². The summed E-state index contributed by atoms with van der Waals surface area (Å²) in [5, 5.41) is 5.61. The van der Waals surface area contributed by atoms with E-state index >= 15 is 0 Å². The molecule has 140 valence electrons. The van der Waals surface area contributed by atoms with Gasteiger partial charge in [0, 0.05) is 27.4 Å². The summed E-state index contributed by atoms with van der Waals surface area (Å²) in [4.78, 5) is 27.1. The third kappa shape index (κ3) is 2.47. The number of hydrogen-bond donors (Lipinski definition) is 0. The molecule has 2 aromatic rings. The van der Waals surface area contributed by atoms with Gasteiger partial charge in [-0.3, -0.25) is 14.3 Å². The Hall–Kier alpha value is -1.89. The van der Waals surface area contributed by atoms with Crippen LogP contribution in [0.15, 0.2) is 24.3 Å². The Morgan fingerprint density at radius 2 is 1.70 bits per heavy atom. The molecular weight excluding hydrogens is 389 g/mol. The van der Waals surface area contributed by atoms with Crippen LogP contribution in [0.25, 0.3) is 0 Å². The molecule has 2 bridgehead atoms. The van der Waals surface area contributed by atoms with E-state index in [4.69, 9.17) is 27.9 Å². The molecular formula is C19H17Cl2N3O3. The van der Waals surface area contributed by atoms with Crippen LogP contribution in [0, 0.1) is 18.8 Å². The Labute approximate surface area is 166 Å². The van der Waals surface area contributed by atoms with Crippen LogP contribution in [0.2, 0.25) is 10.0 Å². The number of halogens is 2. The third-order valence-electron chi connectivity index (χ3n) is 5.85. The molecule has 0 radical (unpaired) electrons. The van der Waals surface area contributed by atoms with Gasteiger partial charge in [0.05, 0.1) is 30.6 Å². The number of hydrogen-bond acceptors (Lipinski definition) is 4. The van der Waals surface area contributed by atoms with Gasteiger partial charge >= 0.3 is 0 Å². The first-order valence-corrected chi connectivity index (χ1v) is 9.72. The molecule has 3 saturated heterocycles. The topological polar surface area (TPSA) is 64.4 Å². The van der Waals surface area contributed by atoms with Crippen LogP contribution in [0.5, 0.6) is 0 Å². The second-order valence-electron chi connectivity index (χ2n) is 7.36. The average Bonchev–Trinajstić information content (AvgIpc) is 3.36.